The Morgan fingerprint density at radius 3 is 2.26 bits per heavy atom. The molecule has 1 rings (SSSR count). The Labute approximate surface area is 114 Å². The molecule has 0 fully saturated rings. The van der Waals surface area contributed by atoms with Gasteiger partial charge in [0.25, 0.3) is 0 Å². The maximum Gasteiger partial charge on any atom is 0.226 e. The molecule has 1 aromatic rings. The number of hydrogen-bond donors (Lipinski definition) is 2. The third-order valence-corrected chi connectivity index (χ3v) is 2.74. The zero-order chi connectivity index (χ0) is 14.1. The second-order valence-electron chi connectivity index (χ2n) is 4.41. The molecule has 0 aromatic heterocycles. The molecular weight excluding hydrogens is 242 g/mol. The number of aliphatic hydroxyl groups excluding tert-OH is 2. The standard InChI is InChI=1S/C15H21NO3/c1-13(11-14-5-3-2-4-6-14)12-15(19)16(7-9-17)8-10-18/h2-6,11,17-18H,7-10,12H2,1H3/b13-11+. The second-order valence-corrected chi connectivity index (χ2v) is 4.41. The number of aliphatic hydroxyl groups is 2. The van der Waals surface area contributed by atoms with Crippen LogP contribution in [0.2, 0.25) is 0 Å². The molecule has 4 nitrogen and oxygen atoms in total. The van der Waals surface area contributed by atoms with Gasteiger partial charge < -0.3 is 15.1 Å². The predicted octanol–water partition coefficient (Wildman–Crippen LogP) is 1.29. The van der Waals surface area contributed by atoms with E-state index in [-0.39, 0.29) is 32.2 Å². The molecule has 0 radical (unpaired) electrons. The molecule has 0 heterocycles. The average molecular weight is 263 g/mol. The van der Waals surface area contributed by atoms with Crippen molar-refractivity contribution >= 4 is 12.0 Å². The van der Waals surface area contributed by atoms with E-state index in [0.717, 1.165) is 11.1 Å². The quantitative estimate of drug-likeness (QED) is 0.779. The van der Waals surface area contributed by atoms with Crippen LogP contribution in [0.3, 0.4) is 0 Å². The first-order chi connectivity index (χ1) is 9.17. The molecule has 1 amide bonds. The van der Waals surface area contributed by atoms with Gasteiger partial charge in [-0.1, -0.05) is 42.0 Å². The Morgan fingerprint density at radius 1 is 1.16 bits per heavy atom. The highest BCUT2D eigenvalue weighted by atomic mass is 16.3. The molecule has 1 aromatic carbocycles. The number of amides is 1. The van der Waals surface area contributed by atoms with Crippen LogP contribution in [-0.2, 0) is 4.79 Å². The highest BCUT2D eigenvalue weighted by Crippen LogP contribution is 2.10. The van der Waals surface area contributed by atoms with Crippen LogP contribution in [-0.4, -0.2) is 47.3 Å². The van der Waals surface area contributed by atoms with E-state index in [4.69, 9.17) is 10.2 Å². The van der Waals surface area contributed by atoms with Crippen LogP contribution in [0.4, 0.5) is 0 Å². The van der Waals surface area contributed by atoms with Crippen molar-refractivity contribution in [3.05, 3.63) is 41.5 Å². The smallest absolute Gasteiger partial charge is 0.226 e. The summed E-state index contributed by atoms with van der Waals surface area (Å²) in [7, 11) is 0. The molecule has 4 heteroatoms. The van der Waals surface area contributed by atoms with Crippen molar-refractivity contribution < 1.29 is 15.0 Å². The summed E-state index contributed by atoms with van der Waals surface area (Å²) in [6, 6.07) is 9.80. The fourth-order valence-corrected chi connectivity index (χ4v) is 1.84. The number of benzene rings is 1. The molecule has 104 valence electrons. The van der Waals surface area contributed by atoms with Crippen LogP contribution in [0.25, 0.3) is 6.08 Å². The number of carbonyl (C=O) groups excluding carboxylic acids is 1. The van der Waals surface area contributed by atoms with Gasteiger partial charge in [-0.25, -0.2) is 0 Å². The summed E-state index contributed by atoms with van der Waals surface area (Å²) >= 11 is 0. The summed E-state index contributed by atoms with van der Waals surface area (Å²) in [6.07, 6.45) is 2.27. The molecule has 0 saturated heterocycles. The van der Waals surface area contributed by atoms with Crippen molar-refractivity contribution in [2.45, 2.75) is 13.3 Å². The summed E-state index contributed by atoms with van der Waals surface area (Å²) in [4.78, 5) is 13.5. The van der Waals surface area contributed by atoms with Gasteiger partial charge in [-0.3, -0.25) is 4.79 Å². The van der Waals surface area contributed by atoms with Crippen LogP contribution in [0.15, 0.2) is 35.9 Å². The monoisotopic (exact) mass is 263 g/mol. The van der Waals surface area contributed by atoms with E-state index in [1.807, 2.05) is 43.3 Å². The van der Waals surface area contributed by atoms with Gasteiger partial charge in [0, 0.05) is 19.5 Å². The second kappa shape index (κ2) is 8.45. The minimum atomic E-state index is -0.0901. The largest absolute Gasteiger partial charge is 0.395 e. The molecule has 0 aliphatic carbocycles. The average Bonchev–Trinajstić information content (AvgIpc) is 2.39. The van der Waals surface area contributed by atoms with Crippen LogP contribution in [0.1, 0.15) is 18.9 Å². The van der Waals surface area contributed by atoms with Crippen LogP contribution >= 0.6 is 0 Å². The molecule has 0 unspecified atom stereocenters. The normalized spacial score (nSPS) is 11.4. The van der Waals surface area contributed by atoms with E-state index >= 15 is 0 Å². The summed E-state index contributed by atoms with van der Waals surface area (Å²) in [5.74, 6) is -0.0761. The minimum absolute atomic E-state index is 0.0761. The molecule has 0 spiro atoms. The molecule has 0 aliphatic rings. The van der Waals surface area contributed by atoms with E-state index < -0.39 is 0 Å². The first kappa shape index (κ1) is 15.4. The topological polar surface area (TPSA) is 60.8 Å². The lowest BCUT2D eigenvalue weighted by atomic mass is 10.1. The predicted molar refractivity (Wildman–Crippen MR) is 75.5 cm³/mol. The Hall–Kier alpha value is -1.65. The summed E-state index contributed by atoms with van der Waals surface area (Å²) < 4.78 is 0. The Balaban J connectivity index is 2.62. The molecule has 0 saturated carbocycles. The van der Waals surface area contributed by atoms with Gasteiger partial charge in [-0.05, 0) is 12.5 Å². The number of nitrogens with zero attached hydrogens (tertiary/aromatic N) is 1. The van der Waals surface area contributed by atoms with Crippen molar-refractivity contribution in [2.24, 2.45) is 0 Å². The third-order valence-electron chi connectivity index (χ3n) is 2.74. The van der Waals surface area contributed by atoms with E-state index in [1.54, 1.807) is 0 Å². The molecule has 0 aliphatic heterocycles. The summed E-state index contributed by atoms with van der Waals surface area (Å²) in [5, 5.41) is 17.8. The van der Waals surface area contributed by atoms with Gasteiger partial charge in [0.2, 0.25) is 5.91 Å². The first-order valence-corrected chi connectivity index (χ1v) is 6.39. The maximum atomic E-state index is 12.0. The fraction of sp³-hybridized carbons (Fsp3) is 0.400. The lowest BCUT2D eigenvalue weighted by molar-refractivity contribution is -0.131. The van der Waals surface area contributed by atoms with Gasteiger partial charge in [0.05, 0.1) is 13.2 Å². The van der Waals surface area contributed by atoms with Gasteiger partial charge in [0.15, 0.2) is 0 Å². The third kappa shape index (κ3) is 5.68. The first-order valence-electron chi connectivity index (χ1n) is 6.39. The molecule has 0 bridgehead atoms. The number of rotatable bonds is 7. The fourth-order valence-electron chi connectivity index (χ4n) is 1.84. The van der Waals surface area contributed by atoms with E-state index in [0.29, 0.717) is 6.42 Å². The number of hydrogen-bond acceptors (Lipinski definition) is 3. The van der Waals surface area contributed by atoms with E-state index in [1.165, 1.54) is 4.90 Å². The van der Waals surface area contributed by atoms with E-state index in [2.05, 4.69) is 0 Å². The SMILES string of the molecule is C/C(=C\c1ccccc1)CC(=O)N(CCO)CCO. The zero-order valence-corrected chi connectivity index (χ0v) is 11.2. The van der Waals surface area contributed by atoms with Gasteiger partial charge >= 0.3 is 0 Å². The highest BCUT2D eigenvalue weighted by molar-refractivity contribution is 5.80. The van der Waals surface area contributed by atoms with Crippen molar-refractivity contribution in [1.29, 1.82) is 0 Å². The maximum absolute atomic E-state index is 12.0. The number of carbonyl (C=O) groups is 1. The van der Waals surface area contributed by atoms with Crippen LogP contribution < -0.4 is 0 Å². The van der Waals surface area contributed by atoms with Crippen molar-refractivity contribution in [1.82, 2.24) is 4.90 Å². The lowest BCUT2D eigenvalue weighted by Gasteiger charge is -2.20. The van der Waals surface area contributed by atoms with Gasteiger partial charge in [0.1, 0.15) is 0 Å². The van der Waals surface area contributed by atoms with Crippen molar-refractivity contribution in [3.8, 4) is 0 Å². The summed E-state index contributed by atoms with van der Waals surface area (Å²) in [6.45, 7) is 2.25. The highest BCUT2D eigenvalue weighted by Gasteiger charge is 2.12. The zero-order valence-electron chi connectivity index (χ0n) is 11.2. The van der Waals surface area contributed by atoms with E-state index in [9.17, 15) is 4.79 Å². The van der Waals surface area contributed by atoms with Crippen LogP contribution in [0, 0.1) is 0 Å². The van der Waals surface area contributed by atoms with Gasteiger partial charge in [-0.15, -0.1) is 0 Å². The Morgan fingerprint density at radius 2 is 1.74 bits per heavy atom. The minimum Gasteiger partial charge on any atom is -0.395 e. The van der Waals surface area contributed by atoms with Gasteiger partial charge in [-0.2, -0.15) is 0 Å². The molecule has 2 N–H and O–H groups in total. The molecular formula is C15H21NO3. The Kier molecular flexibility index (Phi) is 6.85. The molecule has 19 heavy (non-hydrogen) atoms. The van der Waals surface area contributed by atoms with Crippen molar-refractivity contribution in [3.63, 3.8) is 0 Å². The molecule has 0 atom stereocenters. The lowest BCUT2D eigenvalue weighted by Crippen LogP contribution is -2.35. The van der Waals surface area contributed by atoms with Crippen molar-refractivity contribution in [2.75, 3.05) is 26.3 Å². The Bertz CT molecular complexity index is 409. The summed E-state index contributed by atoms with van der Waals surface area (Å²) in [5.41, 5.74) is 2.01. The van der Waals surface area contributed by atoms with Crippen LogP contribution in [0.5, 0.6) is 0 Å².